The van der Waals surface area contributed by atoms with Crippen LogP contribution in [0.15, 0.2) is 36.9 Å². The molecule has 0 radical (unpaired) electrons. The Morgan fingerprint density at radius 2 is 2.14 bits per heavy atom. The molecule has 4 N–H and O–H groups in total. The topological polar surface area (TPSA) is 112 Å². The van der Waals surface area contributed by atoms with Crippen molar-refractivity contribution in [3.63, 3.8) is 0 Å². The Morgan fingerprint density at radius 3 is 2.79 bits per heavy atom. The highest BCUT2D eigenvalue weighted by Crippen LogP contribution is 2.34. The van der Waals surface area contributed by atoms with E-state index in [4.69, 9.17) is 15.1 Å². The lowest BCUT2D eigenvalue weighted by atomic mass is 10.1. The van der Waals surface area contributed by atoms with Crippen molar-refractivity contribution in [2.45, 2.75) is 40.3 Å². The van der Waals surface area contributed by atoms with Gasteiger partial charge in [-0.1, -0.05) is 0 Å². The van der Waals surface area contributed by atoms with E-state index in [9.17, 15) is 0 Å². The molecule has 3 rings (SSSR count). The van der Waals surface area contributed by atoms with Crippen molar-refractivity contribution in [3.05, 3.63) is 48.3 Å². The lowest BCUT2D eigenvalue weighted by Crippen LogP contribution is -2.17. The van der Waals surface area contributed by atoms with Crippen LogP contribution in [0.25, 0.3) is 11.3 Å². The minimum atomic E-state index is 0.184. The molecule has 0 aliphatic rings. The highest BCUT2D eigenvalue weighted by molar-refractivity contribution is 6.03. The van der Waals surface area contributed by atoms with Gasteiger partial charge in [-0.15, -0.1) is 0 Å². The average molecular weight is 393 g/mol. The van der Waals surface area contributed by atoms with Gasteiger partial charge in [-0.05, 0) is 45.9 Å². The number of nitrogens with one attached hydrogen (secondary N) is 4. The zero-order valence-electron chi connectivity index (χ0n) is 17.2. The summed E-state index contributed by atoms with van der Waals surface area (Å²) in [5.74, 6) is 0.527. The summed E-state index contributed by atoms with van der Waals surface area (Å²) in [5.41, 5.74) is 4.99. The van der Waals surface area contributed by atoms with Crippen LogP contribution in [0.5, 0.6) is 5.88 Å². The maximum Gasteiger partial charge on any atom is 0.222 e. The minimum absolute atomic E-state index is 0.184. The monoisotopic (exact) mass is 393 g/mol. The first kappa shape index (κ1) is 20.3. The van der Waals surface area contributed by atoms with Crippen LogP contribution in [0.1, 0.15) is 39.1 Å². The van der Waals surface area contributed by atoms with E-state index in [0.717, 1.165) is 22.6 Å². The molecule has 3 aromatic rings. The smallest absolute Gasteiger partial charge is 0.222 e. The van der Waals surface area contributed by atoms with Crippen LogP contribution in [0.4, 0.5) is 11.4 Å². The largest absolute Gasteiger partial charge is 0.477 e. The van der Waals surface area contributed by atoms with Gasteiger partial charge in [-0.3, -0.25) is 0 Å². The van der Waals surface area contributed by atoms with E-state index in [2.05, 4.69) is 39.4 Å². The first-order valence-corrected chi connectivity index (χ1v) is 9.66. The molecule has 0 saturated carbocycles. The van der Waals surface area contributed by atoms with Crippen molar-refractivity contribution in [2.24, 2.45) is 0 Å². The van der Waals surface area contributed by atoms with E-state index in [0.29, 0.717) is 36.1 Å². The number of imidazole rings is 1. The molecule has 3 heterocycles. The lowest BCUT2D eigenvalue weighted by Gasteiger charge is -2.20. The predicted molar refractivity (Wildman–Crippen MR) is 116 cm³/mol. The first-order chi connectivity index (χ1) is 14.0. The van der Waals surface area contributed by atoms with E-state index in [1.54, 1.807) is 19.4 Å². The normalized spacial score (nSPS) is 10.8. The Balaban J connectivity index is 2.11. The summed E-state index contributed by atoms with van der Waals surface area (Å²) in [4.78, 5) is 16.4. The van der Waals surface area contributed by atoms with Crippen LogP contribution < -0.4 is 15.4 Å². The van der Waals surface area contributed by atoms with Gasteiger partial charge in [0.05, 0.1) is 53.5 Å². The molecule has 0 bridgehead atoms. The van der Waals surface area contributed by atoms with E-state index in [1.807, 2.05) is 31.3 Å². The number of anilines is 2. The number of rotatable bonds is 9. The highest BCUT2D eigenvalue weighted by Gasteiger charge is 2.18. The summed E-state index contributed by atoms with van der Waals surface area (Å²) in [6, 6.07) is 5.93. The third-order valence-electron chi connectivity index (χ3n) is 4.15. The molecule has 0 aliphatic carbocycles. The van der Waals surface area contributed by atoms with Crippen LogP contribution in [-0.2, 0) is 6.54 Å². The molecule has 0 aliphatic heterocycles. The number of pyridine rings is 2. The molecule has 3 aromatic heterocycles. The molecule has 0 spiro atoms. The maximum absolute atomic E-state index is 8.29. The third kappa shape index (κ3) is 4.90. The number of aromatic amines is 1. The number of ether oxygens (including phenoxy) is 1. The van der Waals surface area contributed by atoms with Crippen LogP contribution in [0.3, 0.4) is 0 Å². The number of aromatic nitrogens is 4. The number of hydrogen-bond donors (Lipinski definition) is 4. The zero-order valence-corrected chi connectivity index (χ0v) is 17.2. The maximum atomic E-state index is 8.29. The molecular formula is C21H27N7O. The molecule has 8 nitrogen and oxygen atoms in total. The fraction of sp³-hybridized carbons (Fsp3) is 0.333. The van der Waals surface area contributed by atoms with Gasteiger partial charge in [0.15, 0.2) is 0 Å². The molecule has 0 unspecified atom stereocenters. The number of nitrogens with zero attached hydrogens (tertiary/aromatic N) is 3. The third-order valence-corrected chi connectivity index (χ3v) is 4.15. The lowest BCUT2D eigenvalue weighted by molar-refractivity contribution is 0.328. The van der Waals surface area contributed by atoms with E-state index in [1.165, 1.54) is 0 Å². The summed E-state index contributed by atoms with van der Waals surface area (Å²) >= 11 is 0. The second-order valence-corrected chi connectivity index (χ2v) is 6.91. The van der Waals surface area contributed by atoms with Crippen molar-refractivity contribution in [1.29, 1.82) is 5.41 Å². The first-order valence-electron chi connectivity index (χ1n) is 9.66. The van der Waals surface area contributed by atoms with Crippen molar-refractivity contribution >= 4 is 17.1 Å². The summed E-state index contributed by atoms with van der Waals surface area (Å²) in [7, 11) is 0. The predicted octanol–water partition coefficient (Wildman–Crippen LogP) is 4.09. The Hall–Kier alpha value is -3.42. The van der Waals surface area contributed by atoms with E-state index in [-0.39, 0.29) is 6.04 Å². The van der Waals surface area contributed by atoms with Gasteiger partial charge in [0.2, 0.25) is 5.88 Å². The molecule has 0 atom stereocenters. The Bertz CT molecular complexity index is 967. The van der Waals surface area contributed by atoms with Gasteiger partial charge < -0.3 is 25.8 Å². The van der Waals surface area contributed by atoms with Crippen LogP contribution in [0, 0.1) is 5.41 Å². The molecule has 0 aromatic carbocycles. The van der Waals surface area contributed by atoms with Crippen molar-refractivity contribution in [3.8, 4) is 17.1 Å². The molecule has 0 amide bonds. The summed E-state index contributed by atoms with van der Waals surface area (Å²) in [6.45, 7) is 8.83. The molecule has 0 saturated heterocycles. The molecule has 8 heteroatoms. The second kappa shape index (κ2) is 9.18. The van der Waals surface area contributed by atoms with Crippen molar-refractivity contribution in [1.82, 2.24) is 19.9 Å². The molecule has 152 valence electrons. The van der Waals surface area contributed by atoms with Gasteiger partial charge in [-0.2, -0.15) is 0 Å². The number of hydrogen-bond acceptors (Lipinski definition) is 7. The summed E-state index contributed by atoms with van der Waals surface area (Å²) < 4.78 is 5.69. The second-order valence-electron chi connectivity index (χ2n) is 6.91. The summed E-state index contributed by atoms with van der Waals surface area (Å²) in [6.07, 6.45) is 5.20. The molecule has 0 fully saturated rings. The minimum Gasteiger partial charge on any atom is -0.477 e. The Labute approximate surface area is 170 Å². The Morgan fingerprint density at radius 1 is 1.31 bits per heavy atom. The standard InChI is InChI=1S/C21H27N7O/c1-5-29-21-16(7-6-8-24-21)17-9-18(25-11-15-10-23-12-26-15)20(27-13(2)3)19(28-17)14(4)22/h6-10,12-13,22,27H,5,11H2,1-4H3,(H,23,26)(H,25,28). The van der Waals surface area contributed by atoms with Gasteiger partial charge >= 0.3 is 0 Å². The zero-order chi connectivity index (χ0) is 20.8. The van der Waals surface area contributed by atoms with Crippen LogP contribution in [-0.4, -0.2) is 38.3 Å². The van der Waals surface area contributed by atoms with Crippen LogP contribution >= 0.6 is 0 Å². The quantitative estimate of drug-likeness (QED) is 0.408. The fourth-order valence-electron chi connectivity index (χ4n) is 2.94. The van der Waals surface area contributed by atoms with E-state index >= 15 is 0 Å². The number of H-pyrrole nitrogens is 1. The van der Waals surface area contributed by atoms with Crippen LogP contribution in [0.2, 0.25) is 0 Å². The fourth-order valence-corrected chi connectivity index (χ4v) is 2.94. The highest BCUT2D eigenvalue weighted by atomic mass is 16.5. The van der Waals surface area contributed by atoms with Gasteiger partial charge in [-0.25, -0.2) is 15.0 Å². The molecular weight excluding hydrogens is 366 g/mol. The van der Waals surface area contributed by atoms with Gasteiger partial charge in [0.25, 0.3) is 0 Å². The Kier molecular flexibility index (Phi) is 6.43. The van der Waals surface area contributed by atoms with Gasteiger partial charge in [0, 0.05) is 18.4 Å². The molecule has 29 heavy (non-hydrogen) atoms. The van der Waals surface area contributed by atoms with Crippen molar-refractivity contribution in [2.75, 3.05) is 17.2 Å². The van der Waals surface area contributed by atoms with E-state index < -0.39 is 0 Å². The average Bonchev–Trinajstić information content (AvgIpc) is 3.21. The van der Waals surface area contributed by atoms with Crippen molar-refractivity contribution < 1.29 is 4.74 Å². The summed E-state index contributed by atoms with van der Waals surface area (Å²) in [5, 5.41) is 15.2. The van der Waals surface area contributed by atoms with Gasteiger partial charge in [0.1, 0.15) is 5.69 Å². The SMILES string of the molecule is CCOc1ncccc1-c1cc(NCc2c[nH]cn2)c(NC(C)C)c(C(C)=N)n1.